The number of carboxylic acid groups (broad SMARTS) is 1. The molecule has 2 nitrogen and oxygen atoms in total. The normalized spacial score (nSPS) is 10.8. The lowest BCUT2D eigenvalue weighted by atomic mass is 10.0. The fourth-order valence-electron chi connectivity index (χ4n) is 1.69. The Kier molecular flexibility index (Phi) is 3.71. The molecule has 1 N–H and O–H groups in total. The van der Waals surface area contributed by atoms with E-state index in [9.17, 15) is 13.6 Å². The third-order valence-corrected chi connectivity index (χ3v) is 2.55. The summed E-state index contributed by atoms with van der Waals surface area (Å²) in [5, 5.41) is 8.49. The molecule has 19 heavy (non-hydrogen) atoms. The molecule has 0 bridgehead atoms. The molecular formula is C15H10F2O2. The van der Waals surface area contributed by atoms with Gasteiger partial charge in [0.1, 0.15) is 11.6 Å². The van der Waals surface area contributed by atoms with Gasteiger partial charge in [-0.05, 0) is 35.4 Å². The summed E-state index contributed by atoms with van der Waals surface area (Å²) in [5.41, 5.74) is 1.14. The fraction of sp³-hybridized carbons (Fsp3) is 0. The van der Waals surface area contributed by atoms with Crippen LogP contribution in [0, 0.1) is 11.6 Å². The Bertz CT molecular complexity index is 648. The Morgan fingerprint density at radius 1 is 1.11 bits per heavy atom. The summed E-state index contributed by atoms with van der Waals surface area (Å²) < 4.78 is 27.0. The van der Waals surface area contributed by atoms with Gasteiger partial charge in [-0.1, -0.05) is 24.3 Å². The van der Waals surface area contributed by atoms with Crippen molar-refractivity contribution in [2.45, 2.75) is 0 Å². The van der Waals surface area contributed by atoms with Gasteiger partial charge in [-0.25, -0.2) is 13.6 Å². The molecule has 96 valence electrons. The first-order valence-electron chi connectivity index (χ1n) is 5.53. The molecule has 2 rings (SSSR count). The number of benzene rings is 2. The molecule has 2 aromatic carbocycles. The number of aliphatic carboxylic acids is 1. The minimum absolute atomic E-state index is 0.270. The van der Waals surface area contributed by atoms with Crippen LogP contribution in [0.3, 0.4) is 0 Å². The highest BCUT2D eigenvalue weighted by Crippen LogP contribution is 2.24. The van der Waals surface area contributed by atoms with E-state index < -0.39 is 17.6 Å². The van der Waals surface area contributed by atoms with E-state index in [-0.39, 0.29) is 5.56 Å². The molecule has 0 aliphatic carbocycles. The third kappa shape index (κ3) is 3.25. The van der Waals surface area contributed by atoms with Crippen LogP contribution in [0.1, 0.15) is 5.56 Å². The van der Waals surface area contributed by atoms with Crippen molar-refractivity contribution in [3.8, 4) is 11.1 Å². The Hall–Kier alpha value is -2.49. The van der Waals surface area contributed by atoms with E-state index in [0.29, 0.717) is 11.1 Å². The van der Waals surface area contributed by atoms with Crippen molar-refractivity contribution in [2.75, 3.05) is 0 Å². The maximum Gasteiger partial charge on any atom is 0.328 e. The number of carbonyl (C=O) groups is 1. The van der Waals surface area contributed by atoms with Crippen LogP contribution in [-0.4, -0.2) is 11.1 Å². The van der Waals surface area contributed by atoms with Crippen molar-refractivity contribution in [3.05, 3.63) is 65.7 Å². The van der Waals surface area contributed by atoms with E-state index in [2.05, 4.69) is 0 Å². The molecule has 0 aromatic heterocycles. The Labute approximate surface area is 108 Å². The van der Waals surface area contributed by atoms with Gasteiger partial charge in [0, 0.05) is 11.6 Å². The lowest BCUT2D eigenvalue weighted by Gasteiger charge is -2.04. The minimum atomic E-state index is -1.10. The van der Waals surface area contributed by atoms with Crippen molar-refractivity contribution >= 4 is 12.0 Å². The van der Waals surface area contributed by atoms with Crippen molar-refractivity contribution in [3.63, 3.8) is 0 Å². The molecule has 0 radical (unpaired) electrons. The van der Waals surface area contributed by atoms with Crippen molar-refractivity contribution in [2.24, 2.45) is 0 Å². The molecule has 0 fully saturated rings. The maximum atomic E-state index is 13.9. The van der Waals surface area contributed by atoms with Crippen molar-refractivity contribution in [1.82, 2.24) is 0 Å². The van der Waals surface area contributed by atoms with Gasteiger partial charge in [0.25, 0.3) is 0 Å². The van der Waals surface area contributed by atoms with E-state index in [1.807, 2.05) is 0 Å². The second kappa shape index (κ2) is 5.44. The minimum Gasteiger partial charge on any atom is -0.478 e. The monoisotopic (exact) mass is 260 g/mol. The second-order valence-electron chi connectivity index (χ2n) is 3.92. The molecule has 0 amide bonds. The molecule has 4 heteroatoms. The number of hydrogen-bond acceptors (Lipinski definition) is 1. The molecule has 0 aliphatic rings. The first kappa shape index (κ1) is 13.0. The van der Waals surface area contributed by atoms with Crippen molar-refractivity contribution < 1.29 is 18.7 Å². The predicted octanol–water partition coefficient (Wildman–Crippen LogP) is 3.73. The molecule has 0 heterocycles. The molecule has 0 spiro atoms. The van der Waals surface area contributed by atoms with Crippen LogP contribution in [-0.2, 0) is 4.79 Å². The average molecular weight is 260 g/mol. The summed E-state index contributed by atoms with van der Waals surface area (Å²) in [6, 6.07) is 9.90. The summed E-state index contributed by atoms with van der Waals surface area (Å²) in [6.45, 7) is 0. The Morgan fingerprint density at radius 3 is 2.53 bits per heavy atom. The quantitative estimate of drug-likeness (QED) is 0.854. The molecule has 0 aliphatic heterocycles. The van der Waals surface area contributed by atoms with Crippen LogP contribution in [0.4, 0.5) is 8.78 Å². The number of halogens is 2. The van der Waals surface area contributed by atoms with Gasteiger partial charge in [0.2, 0.25) is 0 Å². The SMILES string of the molecule is O=C(O)/C=C/c1ccc(-c2cccc(F)c2)c(F)c1. The highest BCUT2D eigenvalue weighted by Gasteiger charge is 2.06. The van der Waals surface area contributed by atoms with Crippen LogP contribution < -0.4 is 0 Å². The van der Waals surface area contributed by atoms with Gasteiger partial charge in [-0.3, -0.25) is 0 Å². The highest BCUT2D eigenvalue weighted by atomic mass is 19.1. The van der Waals surface area contributed by atoms with Gasteiger partial charge >= 0.3 is 5.97 Å². The fourth-order valence-corrected chi connectivity index (χ4v) is 1.69. The number of hydrogen-bond donors (Lipinski definition) is 1. The van der Waals surface area contributed by atoms with Gasteiger partial charge in [-0.15, -0.1) is 0 Å². The van der Waals surface area contributed by atoms with Crippen LogP contribution in [0.25, 0.3) is 17.2 Å². The zero-order valence-corrected chi connectivity index (χ0v) is 9.81. The van der Waals surface area contributed by atoms with Crippen LogP contribution in [0.5, 0.6) is 0 Å². The van der Waals surface area contributed by atoms with Crippen LogP contribution >= 0.6 is 0 Å². The largest absolute Gasteiger partial charge is 0.478 e. The second-order valence-corrected chi connectivity index (χ2v) is 3.92. The third-order valence-electron chi connectivity index (χ3n) is 2.55. The predicted molar refractivity (Wildman–Crippen MR) is 68.5 cm³/mol. The van der Waals surface area contributed by atoms with Gasteiger partial charge in [0.05, 0.1) is 0 Å². The Morgan fingerprint density at radius 2 is 1.89 bits per heavy atom. The molecule has 0 saturated heterocycles. The van der Waals surface area contributed by atoms with Gasteiger partial charge in [-0.2, -0.15) is 0 Å². The summed E-state index contributed by atoms with van der Waals surface area (Å²) in [4.78, 5) is 10.4. The van der Waals surface area contributed by atoms with Crippen LogP contribution in [0.15, 0.2) is 48.5 Å². The maximum absolute atomic E-state index is 13.9. The van der Waals surface area contributed by atoms with Gasteiger partial charge in [0.15, 0.2) is 0 Å². The summed E-state index contributed by atoms with van der Waals surface area (Å²) in [7, 11) is 0. The number of carboxylic acids is 1. The van der Waals surface area contributed by atoms with E-state index in [1.165, 1.54) is 36.4 Å². The topological polar surface area (TPSA) is 37.3 Å². The zero-order valence-electron chi connectivity index (χ0n) is 9.81. The van der Waals surface area contributed by atoms with Crippen molar-refractivity contribution in [1.29, 1.82) is 0 Å². The summed E-state index contributed by atoms with van der Waals surface area (Å²) >= 11 is 0. The molecule has 0 unspecified atom stereocenters. The highest BCUT2D eigenvalue weighted by molar-refractivity contribution is 5.85. The Balaban J connectivity index is 2.37. The van der Waals surface area contributed by atoms with E-state index in [0.717, 1.165) is 6.08 Å². The molecule has 0 atom stereocenters. The van der Waals surface area contributed by atoms with E-state index in [4.69, 9.17) is 5.11 Å². The first-order chi connectivity index (χ1) is 9.06. The van der Waals surface area contributed by atoms with E-state index in [1.54, 1.807) is 12.1 Å². The molecular weight excluding hydrogens is 250 g/mol. The van der Waals surface area contributed by atoms with Gasteiger partial charge < -0.3 is 5.11 Å². The zero-order chi connectivity index (χ0) is 13.8. The standard InChI is InChI=1S/C15H10F2O2/c16-12-3-1-2-11(9-12)13-6-4-10(8-14(13)17)5-7-15(18)19/h1-9H,(H,18,19)/b7-5+. The number of rotatable bonds is 3. The average Bonchev–Trinajstić information content (AvgIpc) is 2.36. The van der Waals surface area contributed by atoms with Crippen LogP contribution in [0.2, 0.25) is 0 Å². The lowest BCUT2D eigenvalue weighted by molar-refractivity contribution is -0.131. The summed E-state index contributed by atoms with van der Waals surface area (Å²) in [5.74, 6) is -2.07. The lowest BCUT2D eigenvalue weighted by Crippen LogP contribution is -1.88. The first-order valence-corrected chi connectivity index (χ1v) is 5.53. The van der Waals surface area contributed by atoms with E-state index >= 15 is 0 Å². The molecule has 2 aromatic rings. The smallest absolute Gasteiger partial charge is 0.328 e. The molecule has 0 saturated carbocycles. The summed E-state index contributed by atoms with van der Waals surface area (Å²) in [6.07, 6.45) is 2.22.